The summed E-state index contributed by atoms with van der Waals surface area (Å²) >= 11 is 0. The molecule has 0 aliphatic heterocycles. The molecule has 4 N–H and O–H groups in total. The Hall–Kier alpha value is -1.90. The fraction of sp³-hybridized carbons (Fsp3) is 0.250. The highest BCUT2D eigenvalue weighted by Crippen LogP contribution is 2.24. The van der Waals surface area contributed by atoms with Crippen LogP contribution in [0.5, 0.6) is 5.75 Å². The van der Waals surface area contributed by atoms with Crippen molar-refractivity contribution in [1.82, 2.24) is 14.7 Å². The molecular formula is C12H16N4O3S. The standard InChI is InChI=1S/C12H16N4O3S/c1-19-10-3-2-9(7-13)6-11(10)20(17,18)16-8-12-14-4-5-15-12/h2-6,16H,7-8,13H2,1H3,(H,14,15). The number of aromatic amines is 1. The number of nitrogens with zero attached hydrogens (tertiary/aromatic N) is 1. The van der Waals surface area contributed by atoms with Crippen LogP contribution in [-0.2, 0) is 23.1 Å². The van der Waals surface area contributed by atoms with Gasteiger partial charge in [0.15, 0.2) is 0 Å². The summed E-state index contributed by atoms with van der Waals surface area (Å²) in [6.45, 7) is 0.329. The largest absolute Gasteiger partial charge is 0.495 e. The lowest BCUT2D eigenvalue weighted by atomic mass is 10.2. The fourth-order valence-electron chi connectivity index (χ4n) is 1.69. The summed E-state index contributed by atoms with van der Waals surface area (Å²) in [7, 11) is -2.28. The predicted octanol–water partition coefficient (Wildman–Crippen LogP) is 0.355. The summed E-state index contributed by atoms with van der Waals surface area (Å²) in [5, 5.41) is 0. The van der Waals surface area contributed by atoms with E-state index in [1.807, 2.05) is 0 Å². The van der Waals surface area contributed by atoms with Crippen LogP contribution in [0.4, 0.5) is 0 Å². The molecule has 1 aromatic carbocycles. The lowest BCUT2D eigenvalue weighted by Gasteiger charge is -2.11. The summed E-state index contributed by atoms with van der Waals surface area (Å²) < 4.78 is 32.1. The highest BCUT2D eigenvalue weighted by Gasteiger charge is 2.20. The van der Waals surface area contributed by atoms with Crippen LogP contribution in [0.1, 0.15) is 11.4 Å². The molecule has 0 atom stereocenters. The maximum Gasteiger partial charge on any atom is 0.244 e. The number of hydrogen-bond acceptors (Lipinski definition) is 5. The molecule has 0 saturated carbocycles. The van der Waals surface area contributed by atoms with Crippen molar-refractivity contribution in [2.75, 3.05) is 7.11 Å². The van der Waals surface area contributed by atoms with E-state index >= 15 is 0 Å². The second-order valence-corrected chi connectivity index (χ2v) is 5.79. The first kappa shape index (κ1) is 14.5. The first-order valence-corrected chi connectivity index (χ1v) is 7.40. The van der Waals surface area contributed by atoms with Crippen molar-refractivity contribution in [3.05, 3.63) is 42.0 Å². The third-order valence-corrected chi connectivity index (χ3v) is 4.16. The Kier molecular flexibility index (Phi) is 4.38. The molecule has 0 unspecified atom stereocenters. The minimum Gasteiger partial charge on any atom is -0.495 e. The SMILES string of the molecule is COc1ccc(CN)cc1S(=O)(=O)NCc1ncc[nH]1. The lowest BCUT2D eigenvalue weighted by Crippen LogP contribution is -2.24. The van der Waals surface area contributed by atoms with Gasteiger partial charge < -0.3 is 15.5 Å². The first-order valence-electron chi connectivity index (χ1n) is 5.91. The van der Waals surface area contributed by atoms with Gasteiger partial charge in [-0.15, -0.1) is 0 Å². The van der Waals surface area contributed by atoms with E-state index in [1.165, 1.54) is 13.2 Å². The number of aromatic nitrogens is 2. The van der Waals surface area contributed by atoms with E-state index in [2.05, 4.69) is 14.7 Å². The van der Waals surface area contributed by atoms with Gasteiger partial charge in [-0.25, -0.2) is 18.1 Å². The highest BCUT2D eigenvalue weighted by molar-refractivity contribution is 7.89. The Labute approximate surface area is 117 Å². The molecule has 0 saturated heterocycles. The first-order chi connectivity index (χ1) is 9.56. The van der Waals surface area contributed by atoms with E-state index in [0.717, 1.165) is 0 Å². The summed E-state index contributed by atoms with van der Waals surface area (Å²) in [4.78, 5) is 6.84. The molecule has 8 heteroatoms. The molecule has 1 heterocycles. The molecule has 0 radical (unpaired) electrons. The van der Waals surface area contributed by atoms with Crippen molar-refractivity contribution in [1.29, 1.82) is 0 Å². The summed E-state index contributed by atoms with van der Waals surface area (Å²) in [5.41, 5.74) is 6.25. The van der Waals surface area contributed by atoms with Crippen molar-refractivity contribution in [3.8, 4) is 5.75 Å². The third-order valence-electron chi connectivity index (χ3n) is 2.74. The lowest BCUT2D eigenvalue weighted by molar-refractivity contribution is 0.402. The van der Waals surface area contributed by atoms with Crippen molar-refractivity contribution < 1.29 is 13.2 Å². The van der Waals surface area contributed by atoms with Crippen molar-refractivity contribution in [2.24, 2.45) is 5.73 Å². The van der Waals surface area contributed by atoms with E-state index in [-0.39, 0.29) is 23.7 Å². The van der Waals surface area contributed by atoms with Gasteiger partial charge >= 0.3 is 0 Å². The quantitative estimate of drug-likeness (QED) is 0.712. The molecule has 2 rings (SSSR count). The minimum atomic E-state index is -3.70. The van der Waals surface area contributed by atoms with Crippen LogP contribution in [0.3, 0.4) is 0 Å². The number of imidazole rings is 1. The number of nitrogens with one attached hydrogen (secondary N) is 2. The van der Waals surface area contributed by atoms with Crippen LogP contribution in [-0.4, -0.2) is 25.5 Å². The van der Waals surface area contributed by atoms with Gasteiger partial charge in [0.05, 0.1) is 13.7 Å². The number of ether oxygens (including phenoxy) is 1. The average molecular weight is 296 g/mol. The van der Waals surface area contributed by atoms with Crippen LogP contribution < -0.4 is 15.2 Å². The molecule has 2 aromatic rings. The van der Waals surface area contributed by atoms with Crippen LogP contribution in [0.25, 0.3) is 0 Å². The monoisotopic (exact) mass is 296 g/mol. The van der Waals surface area contributed by atoms with Crippen LogP contribution in [0.15, 0.2) is 35.5 Å². The van der Waals surface area contributed by atoms with Gasteiger partial charge in [-0.1, -0.05) is 6.07 Å². The number of rotatable bonds is 6. The smallest absolute Gasteiger partial charge is 0.244 e. The number of benzene rings is 1. The maximum absolute atomic E-state index is 12.3. The maximum atomic E-state index is 12.3. The fourth-order valence-corrected chi connectivity index (χ4v) is 2.90. The van der Waals surface area contributed by atoms with Gasteiger partial charge in [0.1, 0.15) is 16.5 Å². The molecule has 0 aliphatic carbocycles. The third kappa shape index (κ3) is 3.16. The zero-order valence-corrected chi connectivity index (χ0v) is 11.8. The summed E-state index contributed by atoms with van der Waals surface area (Å²) in [6, 6.07) is 4.82. The Balaban J connectivity index is 2.28. The van der Waals surface area contributed by atoms with Gasteiger partial charge in [0, 0.05) is 18.9 Å². The number of sulfonamides is 1. The number of hydrogen-bond donors (Lipinski definition) is 3. The Morgan fingerprint density at radius 2 is 2.25 bits per heavy atom. The van der Waals surface area contributed by atoms with E-state index in [0.29, 0.717) is 11.4 Å². The highest BCUT2D eigenvalue weighted by atomic mass is 32.2. The minimum absolute atomic E-state index is 0.0644. The second-order valence-electron chi connectivity index (χ2n) is 4.05. The number of methoxy groups -OCH3 is 1. The van der Waals surface area contributed by atoms with E-state index < -0.39 is 10.0 Å². The van der Waals surface area contributed by atoms with Gasteiger partial charge in [0.25, 0.3) is 0 Å². The predicted molar refractivity (Wildman–Crippen MR) is 73.5 cm³/mol. The van der Waals surface area contributed by atoms with Gasteiger partial charge in [-0.3, -0.25) is 0 Å². The number of nitrogens with two attached hydrogens (primary N) is 1. The molecule has 0 bridgehead atoms. The molecule has 0 fully saturated rings. The van der Waals surface area contributed by atoms with Crippen molar-refractivity contribution in [2.45, 2.75) is 18.0 Å². The number of H-pyrrole nitrogens is 1. The zero-order chi connectivity index (χ0) is 14.6. The molecular weight excluding hydrogens is 280 g/mol. The second kappa shape index (κ2) is 6.04. The Morgan fingerprint density at radius 3 is 2.85 bits per heavy atom. The molecule has 0 aliphatic rings. The molecule has 0 amide bonds. The van der Waals surface area contributed by atoms with Crippen molar-refractivity contribution >= 4 is 10.0 Å². The Morgan fingerprint density at radius 1 is 1.45 bits per heavy atom. The van der Waals surface area contributed by atoms with Gasteiger partial charge in [-0.05, 0) is 17.7 Å². The van der Waals surface area contributed by atoms with E-state index in [4.69, 9.17) is 10.5 Å². The normalized spacial score (nSPS) is 11.5. The molecule has 0 spiro atoms. The van der Waals surface area contributed by atoms with Crippen molar-refractivity contribution in [3.63, 3.8) is 0 Å². The molecule has 1 aromatic heterocycles. The van der Waals surface area contributed by atoms with E-state index in [1.54, 1.807) is 24.5 Å². The summed E-state index contributed by atoms with van der Waals surface area (Å²) in [6.07, 6.45) is 3.18. The average Bonchev–Trinajstić information content (AvgIpc) is 2.98. The van der Waals surface area contributed by atoms with E-state index in [9.17, 15) is 8.42 Å². The van der Waals surface area contributed by atoms with Gasteiger partial charge in [0.2, 0.25) is 10.0 Å². The van der Waals surface area contributed by atoms with Crippen LogP contribution in [0, 0.1) is 0 Å². The molecule has 20 heavy (non-hydrogen) atoms. The summed E-state index contributed by atoms with van der Waals surface area (Å²) in [5.74, 6) is 0.802. The van der Waals surface area contributed by atoms with Crippen LogP contribution >= 0.6 is 0 Å². The molecule has 108 valence electrons. The zero-order valence-electron chi connectivity index (χ0n) is 11.0. The van der Waals surface area contributed by atoms with Gasteiger partial charge in [-0.2, -0.15) is 0 Å². The molecule has 7 nitrogen and oxygen atoms in total. The Bertz CT molecular complexity index is 668. The topological polar surface area (TPSA) is 110 Å². The van der Waals surface area contributed by atoms with Crippen LogP contribution in [0.2, 0.25) is 0 Å².